The summed E-state index contributed by atoms with van der Waals surface area (Å²) in [6.07, 6.45) is 2.80. The first kappa shape index (κ1) is 14.5. The van der Waals surface area contributed by atoms with Crippen molar-refractivity contribution in [1.82, 2.24) is 14.5 Å². The van der Waals surface area contributed by atoms with Crippen molar-refractivity contribution in [3.63, 3.8) is 0 Å². The molecule has 6 heteroatoms. The zero-order valence-electron chi connectivity index (χ0n) is 11.5. The Bertz CT molecular complexity index is 811. The van der Waals surface area contributed by atoms with Crippen molar-refractivity contribution < 1.29 is 0 Å². The minimum atomic E-state index is 0.686. The topological polar surface area (TPSA) is 56.7 Å². The molecule has 0 bridgehead atoms. The predicted octanol–water partition coefficient (Wildman–Crippen LogP) is 4.62. The third-order valence-corrected chi connectivity index (χ3v) is 4.40. The van der Waals surface area contributed by atoms with Crippen LogP contribution in [0.3, 0.4) is 0 Å². The number of rotatable bonds is 3. The van der Waals surface area contributed by atoms with Gasteiger partial charge in [-0.2, -0.15) is 0 Å². The molecule has 2 N–H and O–H groups in total. The molecule has 0 saturated carbocycles. The molecule has 0 amide bonds. The summed E-state index contributed by atoms with van der Waals surface area (Å²) in [5.41, 5.74) is 9.60. The summed E-state index contributed by atoms with van der Waals surface area (Å²) in [5, 5.41) is 0. The molecular formula is C15H14Br2N4. The van der Waals surface area contributed by atoms with E-state index in [0.717, 1.165) is 44.5 Å². The molecule has 4 nitrogen and oxygen atoms in total. The van der Waals surface area contributed by atoms with Crippen LogP contribution in [0.5, 0.6) is 0 Å². The second kappa shape index (κ2) is 5.77. The largest absolute Gasteiger partial charge is 0.397 e. The fourth-order valence-corrected chi connectivity index (χ4v) is 3.59. The minimum absolute atomic E-state index is 0.686. The predicted molar refractivity (Wildman–Crippen MR) is 93.1 cm³/mol. The second-order valence-corrected chi connectivity index (χ2v) is 6.55. The van der Waals surface area contributed by atoms with E-state index in [4.69, 9.17) is 10.7 Å². The van der Waals surface area contributed by atoms with Crippen molar-refractivity contribution in [2.75, 3.05) is 5.73 Å². The summed E-state index contributed by atoms with van der Waals surface area (Å²) in [7, 11) is 0. The first-order valence-electron chi connectivity index (χ1n) is 6.68. The van der Waals surface area contributed by atoms with Gasteiger partial charge in [-0.25, -0.2) is 9.97 Å². The fourth-order valence-electron chi connectivity index (χ4n) is 2.37. The molecule has 0 fully saturated rings. The SMILES string of the molecule is CCCn1c(-c2cc(Br)cc(Br)c2N)nc2cccnc21. The van der Waals surface area contributed by atoms with Gasteiger partial charge < -0.3 is 10.3 Å². The summed E-state index contributed by atoms with van der Waals surface area (Å²) >= 11 is 7.01. The Kier molecular flexibility index (Phi) is 3.99. The number of hydrogen-bond donors (Lipinski definition) is 1. The Morgan fingerprint density at radius 2 is 2.10 bits per heavy atom. The molecule has 2 aromatic heterocycles. The lowest BCUT2D eigenvalue weighted by Gasteiger charge is -2.11. The number of halogens is 2. The fraction of sp³-hybridized carbons (Fsp3) is 0.200. The van der Waals surface area contributed by atoms with E-state index in [1.54, 1.807) is 6.20 Å². The molecule has 0 atom stereocenters. The molecule has 0 aliphatic carbocycles. The molecule has 3 aromatic rings. The Morgan fingerprint density at radius 3 is 2.86 bits per heavy atom. The van der Waals surface area contributed by atoms with Crippen LogP contribution >= 0.6 is 31.9 Å². The van der Waals surface area contributed by atoms with Gasteiger partial charge in [-0.3, -0.25) is 0 Å². The van der Waals surface area contributed by atoms with Gasteiger partial charge in [0.2, 0.25) is 0 Å². The van der Waals surface area contributed by atoms with Gasteiger partial charge in [0.1, 0.15) is 11.3 Å². The van der Waals surface area contributed by atoms with Crippen molar-refractivity contribution in [3.05, 3.63) is 39.4 Å². The number of nitrogens with two attached hydrogens (primary N) is 1. The highest BCUT2D eigenvalue weighted by Crippen LogP contribution is 2.35. The van der Waals surface area contributed by atoms with E-state index in [1.165, 1.54) is 0 Å². The molecule has 0 radical (unpaired) electrons. The van der Waals surface area contributed by atoms with Gasteiger partial charge >= 0.3 is 0 Å². The van der Waals surface area contributed by atoms with Gasteiger partial charge in [0.05, 0.1) is 5.69 Å². The van der Waals surface area contributed by atoms with E-state index in [9.17, 15) is 0 Å². The van der Waals surface area contributed by atoms with Crippen molar-refractivity contribution in [2.24, 2.45) is 0 Å². The average molecular weight is 410 g/mol. The Labute approximate surface area is 139 Å². The van der Waals surface area contributed by atoms with Gasteiger partial charge in [0.25, 0.3) is 0 Å². The van der Waals surface area contributed by atoms with E-state index in [1.807, 2.05) is 24.3 Å². The molecule has 3 rings (SSSR count). The Balaban J connectivity index is 2.32. The van der Waals surface area contributed by atoms with Crippen LogP contribution in [0.25, 0.3) is 22.6 Å². The molecule has 0 unspecified atom stereocenters. The number of nitrogen functional groups attached to an aromatic ring is 1. The van der Waals surface area contributed by atoms with Crippen molar-refractivity contribution >= 4 is 48.7 Å². The molecule has 0 saturated heterocycles. The molecule has 21 heavy (non-hydrogen) atoms. The van der Waals surface area contributed by atoms with Gasteiger partial charge in [-0.15, -0.1) is 0 Å². The van der Waals surface area contributed by atoms with Crippen LogP contribution in [-0.4, -0.2) is 14.5 Å². The van der Waals surface area contributed by atoms with Crippen LogP contribution in [-0.2, 0) is 6.54 Å². The number of anilines is 1. The van der Waals surface area contributed by atoms with Gasteiger partial charge in [-0.1, -0.05) is 22.9 Å². The minimum Gasteiger partial charge on any atom is -0.397 e. The number of benzene rings is 1. The zero-order chi connectivity index (χ0) is 15.0. The lowest BCUT2D eigenvalue weighted by Crippen LogP contribution is -2.03. The number of hydrogen-bond acceptors (Lipinski definition) is 3. The molecule has 0 spiro atoms. The maximum Gasteiger partial charge on any atom is 0.160 e. The maximum absolute atomic E-state index is 6.23. The van der Waals surface area contributed by atoms with E-state index < -0.39 is 0 Å². The van der Waals surface area contributed by atoms with Crippen LogP contribution in [0.4, 0.5) is 5.69 Å². The van der Waals surface area contributed by atoms with E-state index in [0.29, 0.717) is 5.69 Å². The highest BCUT2D eigenvalue weighted by molar-refractivity contribution is 9.11. The standard InChI is InChI=1S/C15H14Br2N4/c1-2-6-21-14(20-12-4-3-5-19-15(12)21)10-7-9(16)8-11(17)13(10)18/h3-5,7-8H,2,6,18H2,1H3. The highest BCUT2D eigenvalue weighted by atomic mass is 79.9. The van der Waals surface area contributed by atoms with E-state index in [-0.39, 0.29) is 0 Å². The first-order valence-corrected chi connectivity index (χ1v) is 8.26. The number of imidazole rings is 1. The molecule has 108 valence electrons. The third kappa shape index (κ3) is 2.58. The van der Waals surface area contributed by atoms with Crippen LogP contribution in [0.15, 0.2) is 39.4 Å². The van der Waals surface area contributed by atoms with Gasteiger partial charge in [0.15, 0.2) is 5.65 Å². The second-order valence-electron chi connectivity index (χ2n) is 4.78. The summed E-state index contributed by atoms with van der Waals surface area (Å²) < 4.78 is 3.94. The number of pyridine rings is 1. The van der Waals surface area contributed by atoms with E-state index in [2.05, 4.69) is 48.3 Å². The molecule has 0 aliphatic heterocycles. The number of aryl methyl sites for hydroxylation is 1. The first-order chi connectivity index (χ1) is 10.1. The molecule has 2 heterocycles. The van der Waals surface area contributed by atoms with E-state index >= 15 is 0 Å². The molecular weight excluding hydrogens is 396 g/mol. The normalized spacial score (nSPS) is 11.2. The van der Waals surface area contributed by atoms with Crippen molar-refractivity contribution in [1.29, 1.82) is 0 Å². The third-order valence-electron chi connectivity index (χ3n) is 3.29. The quantitative estimate of drug-likeness (QED) is 0.642. The van der Waals surface area contributed by atoms with Crippen LogP contribution in [0, 0.1) is 0 Å². The van der Waals surface area contributed by atoms with Gasteiger partial charge in [-0.05, 0) is 46.6 Å². The smallest absolute Gasteiger partial charge is 0.160 e. The van der Waals surface area contributed by atoms with Crippen molar-refractivity contribution in [3.8, 4) is 11.4 Å². The lowest BCUT2D eigenvalue weighted by atomic mass is 10.1. The number of aromatic nitrogens is 3. The van der Waals surface area contributed by atoms with Crippen LogP contribution < -0.4 is 5.73 Å². The summed E-state index contributed by atoms with van der Waals surface area (Å²) in [6, 6.07) is 7.80. The summed E-state index contributed by atoms with van der Waals surface area (Å²) in [4.78, 5) is 9.18. The van der Waals surface area contributed by atoms with Gasteiger partial charge in [0, 0.05) is 27.3 Å². The number of fused-ring (bicyclic) bond motifs is 1. The number of nitrogens with zero attached hydrogens (tertiary/aromatic N) is 3. The molecule has 0 aliphatic rings. The average Bonchev–Trinajstić information content (AvgIpc) is 2.82. The zero-order valence-corrected chi connectivity index (χ0v) is 14.6. The Hall–Kier alpha value is -1.40. The summed E-state index contributed by atoms with van der Waals surface area (Å²) in [6.45, 7) is 2.99. The van der Waals surface area contributed by atoms with Crippen molar-refractivity contribution in [2.45, 2.75) is 19.9 Å². The monoisotopic (exact) mass is 408 g/mol. The van der Waals surface area contributed by atoms with Crippen LogP contribution in [0.1, 0.15) is 13.3 Å². The molecule has 1 aromatic carbocycles. The van der Waals surface area contributed by atoms with Crippen LogP contribution in [0.2, 0.25) is 0 Å². The maximum atomic E-state index is 6.23. The lowest BCUT2D eigenvalue weighted by molar-refractivity contribution is 0.698. The summed E-state index contributed by atoms with van der Waals surface area (Å²) in [5.74, 6) is 0.852. The highest BCUT2D eigenvalue weighted by Gasteiger charge is 2.17. The Morgan fingerprint density at radius 1 is 1.29 bits per heavy atom.